The molecule has 0 saturated heterocycles. The first-order valence-corrected chi connectivity index (χ1v) is 7.50. The predicted octanol–water partition coefficient (Wildman–Crippen LogP) is 3.27. The minimum atomic E-state index is -0.589. The molecule has 3 N–H and O–H groups in total. The maximum absolute atomic E-state index is 10.6. The van der Waals surface area contributed by atoms with Crippen LogP contribution in [0.4, 0.5) is 4.79 Å². The Morgan fingerprint density at radius 2 is 2.16 bits per heavy atom. The SMILES string of the molecule is C/C(CCC[C@H]1[C@@H]2CC[C@@H](C2)C1(C)C)=N\NC(N)=O. The number of rotatable bonds is 5. The van der Waals surface area contributed by atoms with Crippen molar-refractivity contribution in [1.82, 2.24) is 5.43 Å². The number of nitrogens with two attached hydrogens (primary N) is 1. The smallest absolute Gasteiger partial charge is 0.332 e. The van der Waals surface area contributed by atoms with Gasteiger partial charge in [-0.05, 0) is 68.6 Å². The zero-order valence-corrected chi connectivity index (χ0v) is 12.4. The molecule has 4 nitrogen and oxygen atoms in total. The lowest BCUT2D eigenvalue weighted by molar-refractivity contribution is 0.113. The minimum absolute atomic E-state index is 0.527. The number of primary amides is 1. The summed E-state index contributed by atoms with van der Waals surface area (Å²) >= 11 is 0. The van der Waals surface area contributed by atoms with Gasteiger partial charge in [0.1, 0.15) is 0 Å². The van der Waals surface area contributed by atoms with E-state index in [0.717, 1.165) is 36.3 Å². The molecule has 2 bridgehead atoms. The van der Waals surface area contributed by atoms with Gasteiger partial charge in [0.2, 0.25) is 0 Å². The molecule has 0 unspecified atom stereocenters. The number of hydrazone groups is 1. The Bertz CT molecular complexity index is 376. The van der Waals surface area contributed by atoms with Gasteiger partial charge in [0.05, 0.1) is 0 Å². The molecule has 0 aromatic rings. The standard InChI is InChI=1S/C15H27N3O/c1-10(17-18-14(16)19)5-4-6-13-11-7-8-12(9-11)15(13,2)3/h11-13H,4-9H2,1-3H3,(H3,16,18,19)/b17-10+/t11-,12+,13+/m1/s1. The lowest BCUT2D eigenvalue weighted by atomic mass is 9.67. The van der Waals surface area contributed by atoms with Crippen molar-refractivity contribution < 1.29 is 4.79 Å². The van der Waals surface area contributed by atoms with E-state index in [9.17, 15) is 4.79 Å². The van der Waals surface area contributed by atoms with Crippen LogP contribution in [0.3, 0.4) is 0 Å². The third-order valence-corrected chi connectivity index (χ3v) is 5.46. The van der Waals surface area contributed by atoms with Crippen LogP contribution in [0.25, 0.3) is 0 Å². The second kappa shape index (κ2) is 5.51. The van der Waals surface area contributed by atoms with Crippen molar-refractivity contribution in [3.8, 4) is 0 Å². The van der Waals surface area contributed by atoms with Gasteiger partial charge in [0.25, 0.3) is 0 Å². The Labute approximate surface area is 116 Å². The fourth-order valence-corrected chi connectivity index (χ4v) is 4.36. The van der Waals surface area contributed by atoms with Gasteiger partial charge in [0, 0.05) is 5.71 Å². The molecule has 2 aliphatic rings. The second-order valence-corrected chi connectivity index (χ2v) is 6.91. The molecule has 0 aromatic heterocycles. The summed E-state index contributed by atoms with van der Waals surface area (Å²) in [6.07, 6.45) is 7.73. The molecule has 2 saturated carbocycles. The van der Waals surface area contributed by atoms with E-state index in [4.69, 9.17) is 5.73 Å². The molecule has 3 atom stereocenters. The van der Waals surface area contributed by atoms with Crippen molar-refractivity contribution in [1.29, 1.82) is 0 Å². The Kier molecular flexibility index (Phi) is 4.16. The van der Waals surface area contributed by atoms with E-state index in [1.54, 1.807) is 0 Å². The number of nitrogens with one attached hydrogen (secondary N) is 1. The van der Waals surface area contributed by atoms with E-state index in [0.29, 0.717) is 5.41 Å². The van der Waals surface area contributed by atoms with Crippen LogP contribution in [0.1, 0.15) is 59.3 Å². The van der Waals surface area contributed by atoms with Crippen LogP contribution in [0.15, 0.2) is 5.10 Å². The molecule has 2 fully saturated rings. The maximum Gasteiger partial charge on any atom is 0.332 e. The van der Waals surface area contributed by atoms with Gasteiger partial charge >= 0.3 is 6.03 Å². The van der Waals surface area contributed by atoms with Crippen LogP contribution in [0.2, 0.25) is 0 Å². The molecule has 0 heterocycles. The van der Waals surface area contributed by atoms with E-state index in [1.165, 1.54) is 25.7 Å². The fourth-order valence-electron chi connectivity index (χ4n) is 4.36. The lowest BCUT2D eigenvalue weighted by Crippen LogP contribution is -2.30. The van der Waals surface area contributed by atoms with Crippen LogP contribution in [0.5, 0.6) is 0 Å². The molecule has 108 valence electrons. The monoisotopic (exact) mass is 265 g/mol. The van der Waals surface area contributed by atoms with Gasteiger partial charge < -0.3 is 5.73 Å². The molecule has 2 aliphatic carbocycles. The van der Waals surface area contributed by atoms with Crippen LogP contribution in [-0.2, 0) is 0 Å². The highest BCUT2D eigenvalue weighted by molar-refractivity contribution is 5.83. The quantitative estimate of drug-likeness (QED) is 0.581. The summed E-state index contributed by atoms with van der Waals surface area (Å²) in [4.78, 5) is 10.6. The van der Waals surface area contributed by atoms with Crippen molar-refractivity contribution in [2.75, 3.05) is 0 Å². The fraction of sp³-hybridized carbons (Fsp3) is 0.867. The zero-order chi connectivity index (χ0) is 14.0. The van der Waals surface area contributed by atoms with E-state index in [1.807, 2.05) is 6.92 Å². The molecule has 0 aromatic carbocycles. The maximum atomic E-state index is 10.6. The summed E-state index contributed by atoms with van der Waals surface area (Å²) in [5.74, 6) is 2.79. The summed E-state index contributed by atoms with van der Waals surface area (Å²) in [5, 5.41) is 3.96. The average molecular weight is 265 g/mol. The van der Waals surface area contributed by atoms with E-state index < -0.39 is 6.03 Å². The Morgan fingerprint density at radius 3 is 2.74 bits per heavy atom. The van der Waals surface area contributed by atoms with E-state index >= 15 is 0 Å². The number of amides is 2. The Morgan fingerprint density at radius 1 is 1.42 bits per heavy atom. The first kappa shape index (κ1) is 14.4. The first-order valence-electron chi connectivity index (χ1n) is 7.50. The molecule has 0 aliphatic heterocycles. The van der Waals surface area contributed by atoms with Gasteiger partial charge in [-0.1, -0.05) is 13.8 Å². The lowest BCUT2D eigenvalue weighted by Gasteiger charge is -2.38. The van der Waals surface area contributed by atoms with Crippen LogP contribution < -0.4 is 11.2 Å². The highest BCUT2D eigenvalue weighted by Crippen LogP contribution is 2.60. The van der Waals surface area contributed by atoms with Crippen molar-refractivity contribution in [3.05, 3.63) is 0 Å². The summed E-state index contributed by atoms with van der Waals surface area (Å²) in [6.45, 7) is 6.86. The molecular formula is C15H27N3O. The first-order chi connectivity index (χ1) is 8.91. The van der Waals surface area contributed by atoms with Gasteiger partial charge in [-0.3, -0.25) is 0 Å². The topological polar surface area (TPSA) is 67.5 Å². The number of hydrogen-bond donors (Lipinski definition) is 2. The van der Waals surface area contributed by atoms with Crippen molar-refractivity contribution in [2.24, 2.45) is 34.0 Å². The highest BCUT2D eigenvalue weighted by atomic mass is 16.2. The number of urea groups is 1. The van der Waals surface area contributed by atoms with Crippen molar-refractivity contribution in [2.45, 2.75) is 59.3 Å². The van der Waals surface area contributed by atoms with Crippen LogP contribution in [-0.4, -0.2) is 11.7 Å². The van der Waals surface area contributed by atoms with E-state index in [2.05, 4.69) is 24.4 Å². The number of hydrogen-bond acceptors (Lipinski definition) is 2. The number of fused-ring (bicyclic) bond motifs is 2. The molecular weight excluding hydrogens is 238 g/mol. The second-order valence-electron chi connectivity index (χ2n) is 6.91. The van der Waals surface area contributed by atoms with Crippen molar-refractivity contribution >= 4 is 11.7 Å². The molecule has 0 spiro atoms. The molecule has 4 heteroatoms. The summed E-state index contributed by atoms with van der Waals surface area (Å²) in [7, 11) is 0. The van der Waals surface area contributed by atoms with Gasteiger partial charge in [-0.2, -0.15) is 5.10 Å². The van der Waals surface area contributed by atoms with Crippen molar-refractivity contribution in [3.63, 3.8) is 0 Å². The van der Waals surface area contributed by atoms with Gasteiger partial charge in [0.15, 0.2) is 0 Å². The average Bonchev–Trinajstić information content (AvgIpc) is 2.88. The zero-order valence-electron chi connectivity index (χ0n) is 12.4. The van der Waals surface area contributed by atoms with E-state index in [-0.39, 0.29) is 0 Å². The third kappa shape index (κ3) is 3.10. The number of carbonyl (C=O) groups excluding carboxylic acids is 1. The van der Waals surface area contributed by atoms with Gasteiger partial charge in [-0.15, -0.1) is 0 Å². The molecule has 2 amide bonds. The molecule has 19 heavy (non-hydrogen) atoms. The summed E-state index contributed by atoms with van der Waals surface area (Å²) in [6, 6.07) is -0.589. The number of nitrogens with zero attached hydrogens (tertiary/aromatic N) is 1. The Balaban J connectivity index is 1.77. The third-order valence-electron chi connectivity index (χ3n) is 5.46. The van der Waals surface area contributed by atoms with Crippen LogP contribution >= 0.6 is 0 Å². The number of carbonyl (C=O) groups is 1. The molecule has 2 rings (SSSR count). The summed E-state index contributed by atoms with van der Waals surface area (Å²) in [5.41, 5.74) is 8.77. The Hall–Kier alpha value is -1.06. The molecule has 0 radical (unpaired) electrons. The summed E-state index contributed by atoms with van der Waals surface area (Å²) < 4.78 is 0. The van der Waals surface area contributed by atoms with Gasteiger partial charge in [-0.25, -0.2) is 10.2 Å². The van der Waals surface area contributed by atoms with Crippen LogP contribution in [0, 0.1) is 23.2 Å². The normalized spacial score (nSPS) is 32.6. The predicted molar refractivity (Wildman–Crippen MR) is 77.8 cm³/mol. The highest BCUT2D eigenvalue weighted by Gasteiger charge is 2.51. The minimum Gasteiger partial charge on any atom is -0.350 e. The largest absolute Gasteiger partial charge is 0.350 e.